The van der Waals surface area contributed by atoms with Crippen LogP contribution in [-0.4, -0.2) is 18.5 Å². The molecule has 4 nitrogen and oxygen atoms in total. The summed E-state index contributed by atoms with van der Waals surface area (Å²) in [6.45, 7) is 1.75. The molecule has 0 saturated carbocycles. The minimum atomic E-state index is 0.778. The fraction of sp³-hybridized carbons (Fsp3) is 0.150. The highest BCUT2D eigenvalue weighted by atomic mass is 32.1. The quantitative estimate of drug-likeness (QED) is 0.560. The third-order valence-electron chi connectivity index (χ3n) is 4.16. The number of aromatic nitrogens is 4. The highest BCUT2D eigenvalue weighted by molar-refractivity contribution is 7.13. The smallest absolute Gasteiger partial charge is 0.0922 e. The van der Waals surface area contributed by atoms with Gasteiger partial charge in [-0.2, -0.15) is 0 Å². The molecule has 0 aliphatic carbocycles. The van der Waals surface area contributed by atoms with Crippen LogP contribution in [0.1, 0.15) is 11.3 Å². The number of nitrogens with one attached hydrogen (secondary N) is 1. The number of H-pyrrole nitrogens is 1. The van der Waals surface area contributed by atoms with Gasteiger partial charge >= 0.3 is 0 Å². The number of para-hydroxylation sites is 1. The second-order valence-corrected chi connectivity index (χ2v) is 7.03. The maximum absolute atomic E-state index is 4.12. The van der Waals surface area contributed by atoms with E-state index < -0.39 is 0 Å². The standard InChI is InChI=1S/C20H20N4S/c1-2-6-17(7-3-1)10-11-24-13-12-23(15-18-14-21-16-22-18)19-8-4-5-9-20(19)25-24/h1-9,12-14,16H,10-11,15H2,(H,21,22). The monoisotopic (exact) mass is 348 g/mol. The molecule has 0 amide bonds. The molecule has 0 aliphatic heterocycles. The van der Waals surface area contributed by atoms with Gasteiger partial charge in [0.25, 0.3) is 0 Å². The number of nitrogens with zero attached hydrogens (tertiary/aromatic N) is 3. The number of hydrogen-bond acceptors (Lipinski definition) is 2. The molecule has 25 heavy (non-hydrogen) atoms. The molecule has 1 N–H and O–H groups in total. The summed E-state index contributed by atoms with van der Waals surface area (Å²) in [6, 6.07) is 19.2. The van der Waals surface area contributed by atoms with Crippen molar-refractivity contribution in [2.45, 2.75) is 19.5 Å². The van der Waals surface area contributed by atoms with Crippen molar-refractivity contribution < 1.29 is 0 Å². The van der Waals surface area contributed by atoms with Crippen LogP contribution >= 0.6 is 11.5 Å². The Bertz CT molecular complexity index is 975. The predicted octanol–water partition coefficient (Wildman–Crippen LogP) is 4.64. The van der Waals surface area contributed by atoms with Crippen molar-refractivity contribution >= 4 is 21.7 Å². The Hall–Kier alpha value is -2.79. The summed E-state index contributed by atoms with van der Waals surface area (Å²) in [6.07, 6.45) is 8.96. The van der Waals surface area contributed by atoms with E-state index in [1.54, 1.807) is 17.9 Å². The number of rotatable bonds is 5. The fourth-order valence-corrected chi connectivity index (χ4v) is 3.83. The van der Waals surface area contributed by atoms with Gasteiger partial charge in [0.05, 0.1) is 28.8 Å². The minimum absolute atomic E-state index is 0.778. The van der Waals surface area contributed by atoms with Gasteiger partial charge in [-0.15, -0.1) is 0 Å². The van der Waals surface area contributed by atoms with E-state index >= 15 is 0 Å². The van der Waals surface area contributed by atoms with Crippen molar-refractivity contribution in [3.05, 3.63) is 90.8 Å². The molecular formula is C20H20N4S. The van der Waals surface area contributed by atoms with Gasteiger partial charge in [0, 0.05) is 25.1 Å². The normalized spacial score (nSPS) is 10.9. The summed E-state index contributed by atoms with van der Waals surface area (Å²) in [5.74, 6) is 0. The molecule has 2 aromatic carbocycles. The van der Waals surface area contributed by atoms with E-state index in [9.17, 15) is 0 Å². The number of aryl methyl sites for hydroxylation is 2. The van der Waals surface area contributed by atoms with Gasteiger partial charge in [0.15, 0.2) is 0 Å². The van der Waals surface area contributed by atoms with Crippen LogP contribution in [0.2, 0.25) is 0 Å². The first-order valence-corrected chi connectivity index (χ1v) is 9.15. The molecule has 0 atom stereocenters. The van der Waals surface area contributed by atoms with E-state index in [2.05, 4.69) is 85.5 Å². The van der Waals surface area contributed by atoms with Gasteiger partial charge in [0.1, 0.15) is 0 Å². The van der Waals surface area contributed by atoms with Crippen LogP contribution in [0, 0.1) is 0 Å². The Kier molecular flexibility index (Phi) is 4.65. The fourth-order valence-electron chi connectivity index (χ4n) is 2.86. The van der Waals surface area contributed by atoms with E-state index in [-0.39, 0.29) is 0 Å². The van der Waals surface area contributed by atoms with Crippen LogP contribution in [-0.2, 0) is 19.5 Å². The van der Waals surface area contributed by atoms with Crippen LogP contribution in [0.15, 0.2) is 79.5 Å². The zero-order chi connectivity index (χ0) is 16.9. The third-order valence-corrected chi connectivity index (χ3v) is 5.24. The van der Waals surface area contributed by atoms with E-state index in [1.165, 1.54) is 15.8 Å². The molecule has 5 heteroatoms. The minimum Gasteiger partial charge on any atom is -0.347 e. The molecule has 4 aromatic rings. The van der Waals surface area contributed by atoms with Crippen molar-refractivity contribution in [1.82, 2.24) is 18.5 Å². The predicted molar refractivity (Wildman–Crippen MR) is 103 cm³/mol. The van der Waals surface area contributed by atoms with Gasteiger partial charge in [0.2, 0.25) is 0 Å². The Morgan fingerprint density at radius 3 is 2.64 bits per heavy atom. The van der Waals surface area contributed by atoms with Gasteiger partial charge in [-0.05, 0) is 24.1 Å². The number of benzene rings is 2. The zero-order valence-electron chi connectivity index (χ0n) is 13.9. The summed E-state index contributed by atoms with van der Waals surface area (Å²) >= 11 is 1.79. The van der Waals surface area contributed by atoms with Crippen LogP contribution in [0.25, 0.3) is 10.2 Å². The highest BCUT2D eigenvalue weighted by Gasteiger charge is 2.02. The molecule has 2 heterocycles. The van der Waals surface area contributed by atoms with E-state index in [0.717, 1.165) is 25.2 Å². The van der Waals surface area contributed by atoms with Crippen molar-refractivity contribution in [1.29, 1.82) is 0 Å². The molecule has 0 radical (unpaired) electrons. The maximum Gasteiger partial charge on any atom is 0.0922 e. The summed E-state index contributed by atoms with van der Waals surface area (Å²) in [5, 5.41) is 0. The first kappa shape index (κ1) is 15.7. The molecule has 0 fully saturated rings. The molecule has 2 aromatic heterocycles. The van der Waals surface area contributed by atoms with Crippen LogP contribution in [0.5, 0.6) is 0 Å². The number of hydrogen-bond donors (Lipinski definition) is 1. The number of imidazole rings is 1. The second-order valence-electron chi connectivity index (χ2n) is 5.94. The number of fused-ring (bicyclic) bond motifs is 1. The Morgan fingerprint density at radius 1 is 0.960 bits per heavy atom. The van der Waals surface area contributed by atoms with Gasteiger partial charge in [-0.3, -0.25) is 0 Å². The Morgan fingerprint density at radius 2 is 1.80 bits per heavy atom. The van der Waals surface area contributed by atoms with Gasteiger partial charge < -0.3 is 13.5 Å². The molecular weight excluding hydrogens is 328 g/mol. The first-order chi connectivity index (χ1) is 12.4. The van der Waals surface area contributed by atoms with Crippen molar-refractivity contribution in [3.63, 3.8) is 0 Å². The van der Waals surface area contributed by atoms with Crippen molar-refractivity contribution in [2.75, 3.05) is 0 Å². The lowest BCUT2D eigenvalue weighted by Crippen LogP contribution is -2.00. The van der Waals surface area contributed by atoms with Crippen LogP contribution < -0.4 is 0 Å². The van der Waals surface area contributed by atoms with Gasteiger partial charge in [-0.1, -0.05) is 54.0 Å². The summed E-state index contributed by atoms with van der Waals surface area (Å²) in [7, 11) is 0. The molecule has 0 saturated heterocycles. The van der Waals surface area contributed by atoms with Crippen LogP contribution in [0.3, 0.4) is 0 Å². The molecule has 4 rings (SSSR count). The third kappa shape index (κ3) is 3.83. The van der Waals surface area contributed by atoms with Gasteiger partial charge in [-0.25, -0.2) is 4.98 Å². The van der Waals surface area contributed by atoms with Crippen LogP contribution in [0.4, 0.5) is 0 Å². The maximum atomic E-state index is 4.12. The average molecular weight is 348 g/mol. The van der Waals surface area contributed by atoms with Crippen molar-refractivity contribution in [2.24, 2.45) is 0 Å². The Labute approximate surface area is 150 Å². The lowest BCUT2D eigenvalue weighted by atomic mass is 10.2. The van der Waals surface area contributed by atoms with E-state index in [1.807, 2.05) is 6.20 Å². The summed E-state index contributed by atoms with van der Waals surface area (Å²) < 4.78 is 5.83. The average Bonchev–Trinajstić information content (AvgIpc) is 3.10. The summed E-state index contributed by atoms with van der Waals surface area (Å²) in [5.41, 5.74) is 3.69. The molecule has 0 spiro atoms. The topological polar surface area (TPSA) is 38.5 Å². The lowest BCUT2D eigenvalue weighted by molar-refractivity contribution is 0.739. The molecule has 0 aliphatic rings. The Balaban J connectivity index is 1.67. The molecule has 0 bridgehead atoms. The van der Waals surface area contributed by atoms with Crippen molar-refractivity contribution in [3.8, 4) is 0 Å². The largest absolute Gasteiger partial charge is 0.347 e. The highest BCUT2D eigenvalue weighted by Crippen LogP contribution is 2.18. The SMILES string of the molecule is c1ccc(CCn2ccn(Cc3cnc[nH]3)c3ccccc3s2)cc1. The zero-order valence-corrected chi connectivity index (χ0v) is 14.7. The molecule has 0 unspecified atom stereocenters. The molecule has 126 valence electrons. The lowest BCUT2D eigenvalue weighted by Gasteiger charge is -2.05. The number of aromatic amines is 1. The summed E-state index contributed by atoms with van der Waals surface area (Å²) in [4.78, 5) is 7.31. The van der Waals surface area contributed by atoms with E-state index in [0.29, 0.717) is 0 Å². The van der Waals surface area contributed by atoms with E-state index in [4.69, 9.17) is 0 Å². The second kappa shape index (κ2) is 7.40. The first-order valence-electron chi connectivity index (χ1n) is 8.38.